The van der Waals surface area contributed by atoms with Gasteiger partial charge >= 0.3 is 5.97 Å². The van der Waals surface area contributed by atoms with Gasteiger partial charge in [-0.1, -0.05) is 66.2 Å². The first-order valence-electron chi connectivity index (χ1n) is 30.8. The number of amides is 11. The van der Waals surface area contributed by atoms with E-state index in [0.717, 1.165) is 10.9 Å². The fourth-order valence-corrected chi connectivity index (χ4v) is 9.47. The molecular formula is C59H99N19O14. The number of nitrogens with zero attached hydrogens (tertiary/aromatic N) is 2. The molecule has 0 aliphatic heterocycles. The summed E-state index contributed by atoms with van der Waals surface area (Å²) in [6, 6.07) is -6.76. The summed E-state index contributed by atoms with van der Waals surface area (Å²) in [6.45, 7) is 11.8. The van der Waals surface area contributed by atoms with Crippen LogP contribution in [0.4, 0.5) is 0 Å². The van der Waals surface area contributed by atoms with Gasteiger partial charge in [0.25, 0.3) is 0 Å². The number of nitrogens with one attached hydrogen (secondary N) is 11. The van der Waals surface area contributed by atoms with Crippen molar-refractivity contribution in [2.24, 2.45) is 62.1 Å². The van der Waals surface area contributed by atoms with Crippen LogP contribution in [0.15, 0.2) is 40.4 Å². The lowest BCUT2D eigenvalue weighted by atomic mass is 9.96. The van der Waals surface area contributed by atoms with Crippen LogP contribution in [-0.4, -0.2) is 185 Å². The molecule has 0 fully saturated rings. The second kappa shape index (κ2) is 40.6. The lowest BCUT2D eigenvalue weighted by Gasteiger charge is -2.30. The highest BCUT2D eigenvalue weighted by molar-refractivity contribution is 5.99. The number of rotatable bonds is 43. The van der Waals surface area contributed by atoms with Crippen LogP contribution >= 0.6 is 0 Å². The molecule has 11 amide bonds. The van der Waals surface area contributed by atoms with E-state index in [-0.39, 0.29) is 95.3 Å². The fourth-order valence-electron chi connectivity index (χ4n) is 9.47. The third-order valence-corrected chi connectivity index (χ3v) is 14.8. The number of fused-ring (bicyclic) bond motifs is 1. The van der Waals surface area contributed by atoms with E-state index in [1.807, 2.05) is 12.1 Å². The summed E-state index contributed by atoms with van der Waals surface area (Å²) in [4.78, 5) is 174. The maximum Gasteiger partial charge on any atom is 0.325 e. The largest absolute Gasteiger partial charge is 0.480 e. The molecule has 92 heavy (non-hydrogen) atoms. The molecule has 1 aromatic heterocycles. The number of aromatic amines is 1. The van der Waals surface area contributed by atoms with Crippen molar-refractivity contribution in [3.63, 3.8) is 0 Å². The standard InChI is InChI=1S/C59H99N19O14/c1-9-32(6)47(78-51(85)38(18-12-13-23-60)71-53(87)43(27-35-28-68-37-17-11-10-16-36(35)37)75-49(83)41(70-34(8)80)21-22-45(61)81)56(90)73-40(20-15-25-67-59(64)65)50(84)77-46(31(4)5)55(89)72-39(19-14-24-66-58(62)63)48(82)74-42(26-30(2)3)52(86)76-44(29-79)54(88)69-33(7)57(91)92/h10-11,16-17,28,30-33,38-44,46-47,68,79H,9,12-15,18-27,29,60H2,1-8H3,(H2,61,81)(H,69,88)(H,70,80)(H,71,87)(H,72,89)(H,73,90)(H,74,82)(H,75,83)(H,76,86)(H,77,84)(H,78,85)(H,91,92)(H4,62,63,66)(H4,64,65,67)/t32-,33-,38-,39-,40-,41-,42-,43-,44-,46-,47-/m0/s1. The van der Waals surface area contributed by atoms with Gasteiger partial charge in [-0.15, -0.1) is 0 Å². The molecule has 0 spiro atoms. The van der Waals surface area contributed by atoms with Crippen LogP contribution in [0.5, 0.6) is 0 Å². The number of para-hydroxylation sites is 1. The van der Waals surface area contributed by atoms with Crippen LogP contribution in [0, 0.1) is 17.8 Å². The van der Waals surface area contributed by atoms with Crippen molar-refractivity contribution in [2.45, 2.75) is 193 Å². The molecule has 25 N–H and O–H groups in total. The third kappa shape index (κ3) is 28.4. The van der Waals surface area contributed by atoms with Gasteiger partial charge in [0.15, 0.2) is 11.9 Å². The van der Waals surface area contributed by atoms with Crippen LogP contribution in [0.25, 0.3) is 10.9 Å². The summed E-state index contributed by atoms with van der Waals surface area (Å²) in [5, 5.41) is 45.9. The molecule has 2 rings (SSSR count). The molecule has 0 saturated carbocycles. The number of hydrogen-bond donors (Lipinski definition) is 19. The maximum absolute atomic E-state index is 14.7. The molecule has 0 saturated heterocycles. The van der Waals surface area contributed by atoms with E-state index in [1.54, 1.807) is 59.9 Å². The Labute approximate surface area is 535 Å². The number of hydrogen-bond acceptors (Lipinski definition) is 16. The Morgan fingerprint density at radius 2 is 0.978 bits per heavy atom. The Morgan fingerprint density at radius 3 is 1.47 bits per heavy atom. The van der Waals surface area contributed by atoms with Gasteiger partial charge < -0.3 is 103 Å². The third-order valence-electron chi connectivity index (χ3n) is 14.8. The zero-order chi connectivity index (χ0) is 69.4. The first-order chi connectivity index (χ1) is 43.3. The number of benzene rings is 1. The van der Waals surface area contributed by atoms with Crippen molar-refractivity contribution < 1.29 is 67.7 Å². The van der Waals surface area contributed by atoms with Crippen LogP contribution in [0.1, 0.15) is 132 Å². The summed E-state index contributed by atoms with van der Waals surface area (Å²) in [5.41, 5.74) is 34.8. The number of primary amides is 1. The smallest absolute Gasteiger partial charge is 0.325 e. The highest BCUT2D eigenvalue weighted by atomic mass is 16.4. The maximum atomic E-state index is 14.7. The number of aromatic nitrogens is 1. The van der Waals surface area contributed by atoms with Crippen LogP contribution < -0.4 is 87.6 Å². The number of aliphatic imine (C=N–C) groups is 2. The second-order valence-corrected chi connectivity index (χ2v) is 23.4. The molecule has 0 unspecified atom stereocenters. The molecule has 1 aromatic carbocycles. The van der Waals surface area contributed by atoms with Gasteiger partial charge in [-0.25, -0.2) is 0 Å². The zero-order valence-electron chi connectivity index (χ0n) is 53.9. The summed E-state index contributed by atoms with van der Waals surface area (Å²) in [6.07, 6.45) is 2.10. The molecule has 0 aliphatic rings. The quantitative estimate of drug-likeness (QED) is 0.0171. The van der Waals surface area contributed by atoms with E-state index in [4.69, 9.17) is 34.4 Å². The van der Waals surface area contributed by atoms with E-state index < -0.39 is 150 Å². The molecule has 0 bridgehead atoms. The highest BCUT2D eigenvalue weighted by Crippen LogP contribution is 2.20. The average Bonchev–Trinajstić information content (AvgIpc) is 1.70. The number of carboxylic acid groups (broad SMARTS) is 1. The molecule has 11 atom stereocenters. The first kappa shape index (κ1) is 79.0. The number of guanidine groups is 2. The minimum Gasteiger partial charge on any atom is -0.480 e. The van der Waals surface area contributed by atoms with E-state index in [2.05, 4.69) is 68.1 Å². The molecule has 33 heteroatoms. The Bertz CT molecular complexity index is 2870. The van der Waals surface area contributed by atoms with Gasteiger partial charge in [-0.2, -0.15) is 0 Å². The van der Waals surface area contributed by atoms with Gasteiger partial charge in [0, 0.05) is 50.0 Å². The lowest BCUT2D eigenvalue weighted by Crippen LogP contribution is -2.62. The van der Waals surface area contributed by atoms with Gasteiger partial charge in [0.05, 0.1) is 6.61 Å². The molecular weight excluding hydrogens is 1200 g/mol. The molecule has 2 aromatic rings. The minimum atomic E-state index is -1.61. The number of carbonyl (C=O) groups excluding carboxylic acids is 11. The van der Waals surface area contributed by atoms with Crippen molar-refractivity contribution in [2.75, 3.05) is 26.2 Å². The Kier molecular flexibility index (Phi) is 34.8. The predicted octanol–water partition coefficient (Wildman–Crippen LogP) is -4.07. The number of aliphatic hydroxyl groups excluding tert-OH is 1. The Balaban J connectivity index is 2.58. The molecule has 0 radical (unpaired) electrons. The number of aliphatic hydroxyl groups is 1. The summed E-state index contributed by atoms with van der Waals surface area (Å²) < 4.78 is 0. The van der Waals surface area contributed by atoms with Gasteiger partial charge in [0.2, 0.25) is 65.0 Å². The second-order valence-electron chi connectivity index (χ2n) is 23.4. The predicted molar refractivity (Wildman–Crippen MR) is 342 cm³/mol. The normalized spacial score (nSPS) is 14.7. The van der Waals surface area contributed by atoms with Crippen LogP contribution in [-0.2, 0) is 64.0 Å². The van der Waals surface area contributed by atoms with E-state index in [9.17, 15) is 67.7 Å². The van der Waals surface area contributed by atoms with Crippen LogP contribution in [0.3, 0.4) is 0 Å². The topological polar surface area (TPSA) is 562 Å². The number of carbonyl (C=O) groups is 12. The molecule has 514 valence electrons. The zero-order valence-corrected chi connectivity index (χ0v) is 53.9. The van der Waals surface area contributed by atoms with E-state index >= 15 is 0 Å². The SMILES string of the molecule is CC[C@H](C)[C@H](NC(=O)[C@H](CCCCN)NC(=O)[C@H](Cc1c[nH]c2ccccc12)NC(=O)[C@H](CCC(N)=O)NC(C)=O)C(=O)N[C@@H](CCCN=C(N)N)C(=O)N[C@H](C(=O)N[C@@H](CCCN=C(N)N)C(=O)N[C@@H](CC(C)C)C(=O)N[C@@H](CO)C(=O)N[C@@H](C)C(=O)O)C(C)C. The number of unbranched alkanes of at least 4 members (excludes halogenated alkanes) is 1. The number of H-pyrrole nitrogens is 1. The van der Waals surface area contributed by atoms with Gasteiger partial charge in [-0.05, 0) is 101 Å². The average molecular weight is 1300 g/mol. The molecule has 0 aliphatic carbocycles. The Morgan fingerprint density at radius 1 is 0.533 bits per heavy atom. The van der Waals surface area contributed by atoms with Crippen molar-refractivity contribution in [3.8, 4) is 0 Å². The highest BCUT2D eigenvalue weighted by Gasteiger charge is 2.38. The number of nitrogens with two attached hydrogens (primary N) is 6. The van der Waals surface area contributed by atoms with Crippen molar-refractivity contribution in [3.05, 3.63) is 36.0 Å². The summed E-state index contributed by atoms with van der Waals surface area (Å²) in [5.74, 6) is -12.6. The molecule has 33 nitrogen and oxygen atoms in total. The van der Waals surface area contributed by atoms with E-state index in [0.29, 0.717) is 24.8 Å². The number of aliphatic carboxylic acids is 1. The van der Waals surface area contributed by atoms with Gasteiger partial charge in [-0.3, -0.25) is 67.5 Å². The van der Waals surface area contributed by atoms with Crippen LogP contribution in [0.2, 0.25) is 0 Å². The first-order valence-corrected chi connectivity index (χ1v) is 30.8. The minimum absolute atomic E-state index is 0.000931. The summed E-state index contributed by atoms with van der Waals surface area (Å²) >= 11 is 0. The lowest BCUT2D eigenvalue weighted by molar-refractivity contribution is -0.142. The fraction of sp³-hybridized carbons (Fsp3) is 0.627. The Hall–Kier alpha value is -9.14. The molecule has 1 heterocycles. The monoisotopic (exact) mass is 1300 g/mol. The van der Waals surface area contributed by atoms with Crippen molar-refractivity contribution in [1.29, 1.82) is 0 Å². The summed E-state index contributed by atoms with van der Waals surface area (Å²) in [7, 11) is 0. The van der Waals surface area contributed by atoms with Crippen molar-refractivity contribution >= 4 is 93.8 Å². The van der Waals surface area contributed by atoms with E-state index in [1.165, 1.54) is 13.8 Å². The van der Waals surface area contributed by atoms with Crippen molar-refractivity contribution in [1.82, 2.24) is 58.2 Å². The number of carboxylic acids is 1. The van der Waals surface area contributed by atoms with Gasteiger partial charge in [0.1, 0.15) is 60.4 Å².